The van der Waals surface area contributed by atoms with Crippen LogP contribution in [0.1, 0.15) is 5.56 Å². The summed E-state index contributed by atoms with van der Waals surface area (Å²) in [6.07, 6.45) is 4.42. The normalized spacial score (nSPS) is 10.6. The summed E-state index contributed by atoms with van der Waals surface area (Å²) in [5.74, 6) is 0. The van der Waals surface area contributed by atoms with Crippen molar-refractivity contribution >= 4 is 0 Å². The highest BCUT2D eigenvalue weighted by molar-refractivity contribution is 5.17. The van der Waals surface area contributed by atoms with E-state index in [2.05, 4.69) is 12.1 Å². The zero-order valence-electron chi connectivity index (χ0n) is 6.36. The number of rotatable bonds is 3. The second-order valence-electron chi connectivity index (χ2n) is 2.33. The van der Waals surface area contributed by atoms with E-state index in [0.717, 1.165) is 6.42 Å². The molecule has 11 heavy (non-hydrogen) atoms. The van der Waals surface area contributed by atoms with Crippen LogP contribution in [0.15, 0.2) is 42.5 Å². The van der Waals surface area contributed by atoms with Crippen molar-refractivity contribution in [3.05, 3.63) is 48.0 Å². The summed E-state index contributed by atoms with van der Waals surface area (Å²) in [4.78, 5) is 0. The lowest BCUT2D eigenvalue weighted by Gasteiger charge is -1.92. The van der Waals surface area contributed by atoms with Crippen LogP contribution in [0.25, 0.3) is 0 Å². The van der Waals surface area contributed by atoms with E-state index >= 15 is 0 Å². The smallest absolute Gasteiger partial charge is 0.100 e. The molecule has 1 heteroatoms. The van der Waals surface area contributed by atoms with E-state index in [9.17, 15) is 5.11 Å². The Morgan fingerprint density at radius 3 is 2.45 bits per heavy atom. The average molecular weight is 147 g/mol. The van der Waals surface area contributed by atoms with Crippen LogP contribution >= 0.6 is 0 Å². The Kier molecular flexibility index (Phi) is 3.42. The van der Waals surface area contributed by atoms with Crippen LogP contribution in [0.3, 0.4) is 0 Å². The van der Waals surface area contributed by atoms with Gasteiger partial charge >= 0.3 is 0 Å². The van der Waals surface area contributed by atoms with Crippen molar-refractivity contribution < 1.29 is 5.11 Å². The quantitative estimate of drug-likeness (QED) is 0.584. The monoisotopic (exact) mass is 147 g/mol. The van der Waals surface area contributed by atoms with Crippen molar-refractivity contribution in [2.75, 3.05) is 6.61 Å². The van der Waals surface area contributed by atoms with Gasteiger partial charge < -0.3 is 0 Å². The molecule has 0 saturated carbocycles. The van der Waals surface area contributed by atoms with E-state index in [1.807, 2.05) is 24.3 Å². The molecule has 1 aromatic carbocycles. The van der Waals surface area contributed by atoms with Crippen LogP contribution in [0, 0.1) is 0 Å². The topological polar surface area (TPSA) is 19.9 Å². The highest BCUT2D eigenvalue weighted by Crippen LogP contribution is 1.99. The van der Waals surface area contributed by atoms with Crippen LogP contribution in [0.4, 0.5) is 0 Å². The van der Waals surface area contributed by atoms with Crippen molar-refractivity contribution in [2.24, 2.45) is 0 Å². The number of hydrogen-bond donors (Lipinski definition) is 0. The van der Waals surface area contributed by atoms with Gasteiger partial charge in [-0.15, -0.1) is 0 Å². The fourth-order valence-electron chi connectivity index (χ4n) is 0.902. The molecule has 0 bridgehead atoms. The maximum atomic E-state index is 10.0. The van der Waals surface area contributed by atoms with Gasteiger partial charge in [0.1, 0.15) is 6.61 Å². The van der Waals surface area contributed by atoms with Gasteiger partial charge in [-0.05, 0) is 12.0 Å². The Bertz CT molecular complexity index is 214. The minimum Gasteiger partial charge on any atom is -0.232 e. The van der Waals surface area contributed by atoms with Crippen LogP contribution in [-0.4, -0.2) is 6.61 Å². The molecule has 0 fully saturated rings. The lowest BCUT2D eigenvalue weighted by atomic mass is 10.1. The fourth-order valence-corrected chi connectivity index (χ4v) is 0.902. The average Bonchev–Trinajstić information content (AvgIpc) is 2.07. The fraction of sp³-hybridized carbons (Fsp3) is 0.200. The minimum atomic E-state index is -0.118. The molecule has 1 rings (SSSR count). The molecule has 1 nitrogen and oxygen atoms in total. The molecule has 0 aromatic heterocycles. The molecule has 0 atom stereocenters. The Labute approximate surface area is 67.0 Å². The first kappa shape index (κ1) is 8.02. The Hall–Kier alpha value is -1.08. The number of hydrogen-bond acceptors (Lipinski definition) is 0. The molecule has 0 amide bonds. The van der Waals surface area contributed by atoms with E-state index in [-0.39, 0.29) is 6.61 Å². The van der Waals surface area contributed by atoms with E-state index in [0.29, 0.717) is 0 Å². The van der Waals surface area contributed by atoms with E-state index in [1.165, 1.54) is 5.56 Å². The number of allylic oxidation sites excluding steroid dienone is 1. The number of benzene rings is 1. The minimum absolute atomic E-state index is 0.118. The molecule has 57 valence electrons. The summed E-state index contributed by atoms with van der Waals surface area (Å²) in [5.41, 5.74) is 1.25. The van der Waals surface area contributed by atoms with Gasteiger partial charge in [-0.3, -0.25) is 0 Å². The highest BCUT2D eigenvalue weighted by atomic mass is 16.2. The first-order valence-electron chi connectivity index (χ1n) is 3.70. The van der Waals surface area contributed by atoms with Gasteiger partial charge in [-0.1, -0.05) is 42.5 Å². The SMILES string of the molecule is [O]C/C=C/Cc1ccccc1. The molecule has 0 saturated heterocycles. The van der Waals surface area contributed by atoms with Gasteiger partial charge in [0.15, 0.2) is 0 Å². The van der Waals surface area contributed by atoms with Crippen molar-refractivity contribution in [1.29, 1.82) is 0 Å². The summed E-state index contributed by atoms with van der Waals surface area (Å²) >= 11 is 0. The first-order chi connectivity index (χ1) is 5.43. The largest absolute Gasteiger partial charge is 0.232 e. The summed E-state index contributed by atoms with van der Waals surface area (Å²) in [7, 11) is 0. The lowest BCUT2D eigenvalue weighted by molar-refractivity contribution is 0.232. The summed E-state index contributed by atoms with van der Waals surface area (Å²) in [6, 6.07) is 10.1. The van der Waals surface area contributed by atoms with Crippen LogP contribution in [0.2, 0.25) is 0 Å². The van der Waals surface area contributed by atoms with E-state index in [4.69, 9.17) is 0 Å². The molecule has 0 N–H and O–H groups in total. The third kappa shape index (κ3) is 3.01. The zero-order valence-corrected chi connectivity index (χ0v) is 6.36. The van der Waals surface area contributed by atoms with Crippen LogP contribution < -0.4 is 0 Å². The zero-order chi connectivity index (χ0) is 7.94. The molecule has 0 aliphatic heterocycles. The second kappa shape index (κ2) is 4.69. The third-order valence-electron chi connectivity index (χ3n) is 1.46. The summed E-state index contributed by atoms with van der Waals surface area (Å²) < 4.78 is 0. The van der Waals surface area contributed by atoms with E-state index < -0.39 is 0 Å². The third-order valence-corrected chi connectivity index (χ3v) is 1.46. The molecule has 1 radical (unpaired) electrons. The summed E-state index contributed by atoms with van der Waals surface area (Å²) in [5, 5.41) is 10.0. The van der Waals surface area contributed by atoms with E-state index in [1.54, 1.807) is 6.08 Å². The lowest BCUT2D eigenvalue weighted by Crippen LogP contribution is -1.79. The van der Waals surface area contributed by atoms with Gasteiger partial charge in [-0.2, -0.15) is 0 Å². The second-order valence-corrected chi connectivity index (χ2v) is 2.33. The standard InChI is InChI=1S/C10H11O/c11-9-5-4-8-10-6-2-1-3-7-10/h1-7H,8-9H2/b5-4+. The van der Waals surface area contributed by atoms with Crippen molar-refractivity contribution in [1.82, 2.24) is 0 Å². The highest BCUT2D eigenvalue weighted by Gasteiger charge is 1.84. The molecular formula is C10H11O. The van der Waals surface area contributed by atoms with Gasteiger partial charge in [0.2, 0.25) is 0 Å². The predicted octanol–water partition coefficient (Wildman–Crippen LogP) is 2.22. The summed E-state index contributed by atoms with van der Waals surface area (Å²) in [6.45, 7) is -0.118. The maximum Gasteiger partial charge on any atom is 0.100 e. The molecule has 0 aliphatic rings. The van der Waals surface area contributed by atoms with Gasteiger partial charge in [0.05, 0.1) is 0 Å². The Balaban J connectivity index is 2.45. The van der Waals surface area contributed by atoms with Gasteiger partial charge in [0.25, 0.3) is 0 Å². The molecule has 1 aromatic rings. The molecular weight excluding hydrogens is 136 g/mol. The molecule has 0 aliphatic carbocycles. The first-order valence-corrected chi connectivity index (χ1v) is 3.70. The van der Waals surface area contributed by atoms with Gasteiger partial charge in [0, 0.05) is 0 Å². The van der Waals surface area contributed by atoms with Crippen LogP contribution in [0.5, 0.6) is 0 Å². The van der Waals surface area contributed by atoms with Crippen molar-refractivity contribution in [3.8, 4) is 0 Å². The van der Waals surface area contributed by atoms with Crippen molar-refractivity contribution in [3.63, 3.8) is 0 Å². The Morgan fingerprint density at radius 2 is 1.82 bits per heavy atom. The molecule has 0 unspecified atom stereocenters. The Morgan fingerprint density at radius 1 is 1.09 bits per heavy atom. The predicted molar refractivity (Wildman–Crippen MR) is 44.8 cm³/mol. The molecule has 0 heterocycles. The van der Waals surface area contributed by atoms with Gasteiger partial charge in [-0.25, -0.2) is 5.11 Å². The van der Waals surface area contributed by atoms with Crippen molar-refractivity contribution in [2.45, 2.75) is 6.42 Å². The molecule has 0 spiro atoms. The van der Waals surface area contributed by atoms with Crippen LogP contribution in [-0.2, 0) is 11.5 Å². The maximum absolute atomic E-state index is 10.0.